The fourth-order valence-electron chi connectivity index (χ4n) is 2.05. The Hall–Kier alpha value is -1.88. The Morgan fingerprint density at radius 3 is 2.48 bits per heavy atom. The molecule has 4 nitrogen and oxygen atoms in total. The van der Waals surface area contributed by atoms with E-state index in [1.165, 1.54) is 7.11 Å². The van der Waals surface area contributed by atoms with Gasteiger partial charge in [-0.2, -0.15) is 0 Å². The van der Waals surface area contributed by atoms with Gasteiger partial charge in [-0.05, 0) is 35.4 Å². The lowest BCUT2D eigenvalue weighted by Crippen LogP contribution is -2.10. The van der Waals surface area contributed by atoms with Crippen molar-refractivity contribution >= 4 is 38.6 Å². The van der Waals surface area contributed by atoms with E-state index in [-0.39, 0.29) is 23.2 Å². The molecule has 0 amide bonds. The fraction of sp³-hybridized carbons (Fsp3) is 0.250. The maximum absolute atomic E-state index is 11.6. The summed E-state index contributed by atoms with van der Waals surface area (Å²) in [5.41, 5.74) is 0.888. The predicted molar refractivity (Wildman–Crippen MR) is 83.8 cm³/mol. The number of esters is 2. The van der Waals surface area contributed by atoms with Gasteiger partial charge in [-0.15, -0.1) is 0 Å². The van der Waals surface area contributed by atoms with Crippen molar-refractivity contribution in [3.63, 3.8) is 0 Å². The lowest BCUT2D eigenvalue weighted by Gasteiger charge is -2.11. The highest BCUT2D eigenvalue weighted by molar-refractivity contribution is 9.09. The van der Waals surface area contributed by atoms with Gasteiger partial charge in [-0.25, -0.2) is 0 Å². The molecule has 0 heterocycles. The molecular weight excluding hydrogens is 336 g/mol. The lowest BCUT2D eigenvalue weighted by atomic mass is 9.98. The van der Waals surface area contributed by atoms with Crippen molar-refractivity contribution in [1.82, 2.24) is 0 Å². The summed E-state index contributed by atoms with van der Waals surface area (Å²) in [6.45, 7) is 1.80. The minimum absolute atomic E-state index is 0.153. The van der Waals surface area contributed by atoms with Gasteiger partial charge >= 0.3 is 11.9 Å². The van der Waals surface area contributed by atoms with Crippen LogP contribution >= 0.6 is 15.9 Å². The third-order valence-electron chi connectivity index (χ3n) is 3.23. The second-order valence-electron chi connectivity index (χ2n) is 4.62. The molecule has 110 valence electrons. The quantitative estimate of drug-likeness (QED) is 0.481. The number of hydrogen-bond donors (Lipinski definition) is 0. The number of fused-ring (bicyclic) bond motifs is 1. The van der Waals surface area contributed by atoms with E-state index in [0.717, 1.165) is 16.3 Å². The van der Waals surface area contributed by atoms with E-state index in [9.17, 15) is 9.59 Å². The number of carbonyl (C=O) groups excluding carboxylic acids is 2. The molecule has 0 saturated heterocycles. The van der Waals surface area contributed by atoms with E-state index >= 15 is 0 Å². The van der Waals surface area contributed by atoms with Crippen molar-refractivity contribution in [2.24, 2.45) is 0 Å². The van der Waals surface area contributed by atoms with Gasteiger partial charge in [0, 0.05) is 0 Å². The van der Waals surface area contributed by atoms with Crippen LogP contribution in [0.1, 0.15) is 18.4 Å². The summed E-state index contributed by atoms with van der Waals surface area (Å²) in [4.78, 5) is 22.8. The van der Waals surface area contributed by atoms with Crippen molar-refractivity contribution < 1.29 is 19.1 Å². The number of halogens is 1. The number of hydrogen-bond acceptors (Lipinski definition) is 4. The Labute approximate surface area is 131 Å². The first-order valence-corrected chi connectivity index (χ1v) is 7.55. The number of rotatable bonds is 4. The molecule has 0 N–H and O–H groups in total. The molecule has 21 heavy (non-hydrogen) atoms. The third-order valence-corrected chi connectivity index (χ3v) is 3.69. The zero-order valence-corrected chi connectivity index (χ0v) is 13.3. The molecule has 2 aromatic carbocycles. The molecular formula is C16H15BrO4. The molecule has 0 fully saturated rings. The molecule has 1 atom stereocenters. The molecule has 2 rings (SSSR count). The average molecular weight is 351 g/mol. The van der Waals surface area contributed by atoms with E-state index in [0.29, 0.717) is 5.75 Å². The van der Waals surface area contributed by atoms with E-state index in [1.54, 1.807) is 19.1 Å². The van der Waals surface area contributed by atoms with Gasteiger partial charge in [0.05, 0.1) is 13.0 Å². The Morgan fingerprint density at radius 1 is 1.14 bits per heavy atom. The Bertz CT molecular complexity index is 681. The van der Waals surface area contributed by atoms with Gasteiger partial charge in [-0.3, -0.25) is 9.59 Å². The van der Waals surface area contributed by atoms with Crippen molar-refractivity contribution in [2.45, 2.75) is 12.8 Å². The van der Waals surface area contributed by atoms with Gasteiger partial charge in [0.25, 0.3) is 0 Å². The van der Waals surface area contributed by atoms with Gasteiger partial charge in [-0.1, -0.05) is 40.2 Å². The molecule has 0 spiro atoms. The van der Waals surface area contributed by atoms with Gasteiger partial charge in [0.2, 0.25) is 0 Å². The van der Waals surface area contributed by atoms with Crippen LogP contribution in [-0.2, 0) is 14.3 Å². The lowest BCUT2D eigenvalue weighted by molar-refractivity contribution is -0.142. The maximum Gasteiger partial charge on any atom is 0.321 e. The van der Waals surface area contributed by atoms with E-state index in [2.05, 4.69) is 15.9 Å². The zero-order chi connectivity index (χ0) is 15.4. The fourth-order valence-corrected chi connectivity index (χ4v) is 2.16. The second-order valence-corrected chi connectivity index (χ2v) is 5.18. The molecule has 0 aliphatic rings. The van der Waals surface area contributed by atoms with E-state index in [4.69, 9.17) is 9.47 Å². The Balaban J connectivity index is 2.31. The topological polar surface area (TPSA) is 52.6 Å². The summed E-state index contributed by atoms with van der Waals surface area (Å²) >= 11 is 3.05. The van der Waals surface area contributed by atoms with Crippen LogP contribution in [0.15, 0.2) is 36.4 Å². The number of benzene rings is 2. The summed E-state index contributed by atoms with van der Waals surface area (Å²) < 4.78 is 9.90. The zero-order valence-electron chi connectivity index (χ0n) is 11.8. The van der Waals surface area contributed by atoms with Gasteiger partial charge in [0.15, 0.2) is 0 Å². The van der Waals surface area contributed by atoms with Crippen molar-refractivity contribution in [3.8, 4) is 5.75 Å². The highest BCUT2D eigenvalue weighted by Crippen LogP contribution is 2.26. The summed E-state index contributed by atoms with van der Waals surface area (Å²) in [5, 5.41) is 2.07. The molecule has 0 aliphatic heterocycles. The maximum atomic E-state index is 11.6. The van der Waals surface area contributed by atoms with Crippen LogP contribution in [0, 0.1) is 0 Å². The monoisotopic (exact) mass is 350 g/mol. The van der Waals surface area contributed by atoms with Gasteiger partial charge in [0.1, 0.15) is 11.1 Å². The normalized spacial score (nSPS) is 12.0. The highest BCUT2D eigenvalue weighted by atomic mass is 79.9. The molecule has 0 bridgehead atoms. The van der Waals surface area contributed by atoms with Crippen molar-refractivity contribution in [1.29, 1.82) is 0 Å². The predicted octanol–water partition coefficient (Wildman–Crippen LogP) is 3.42. The summed E-state index contributed by atoms with van der Waals surface area (Å²) in [5.74, 6) is -0.423. The van der Waals surface area contributed by atoms with E-state index < -0.39 is 0 Å². The van der Waals surface area contributed by atoms with Crippen LogP contribution in [0.4, 0.5) is 0 Å². The van der Waals surface area contributed by atoms with Crippen LogP contribution in [-0.4, -0.2) is 24.4 Å². The summed E-state index contributed by atoms with van der Waals surface area (Å²) in [6.07, 6.45) is 0. The minimum Gasteiger partial charge on any atom is -0.469 e. The van der Waals surface area contributed by atoms with Crippen molar-refractivity contribution in [3.05, 3.63) is 42.0 Å². The third kappa shape index (κ3) is 3.61. The molecule has 0 aliphatic carbocycles. The largest absolute Gasteiger partial charge is 0.469 e. The van der Waals surface area contributed by atoms with Crippen LogP contribution < -0.4 is 4.74 Å². The first-order chi connectivity index (χ1) is 10.0. The van der Waals surface area contributed by atoms with Crippen molar-refractivity contribution in [2.75, 3.05) is 12.4 Å². The molecule has 0 radical (unpaired) electrons. The number of alkyl halides is 1. The van der Waals surface area contributed by atoms with Gasteiger partial charge < -0.3 is 9.47 Å². The SMILES string of the molecule is COC(=O)[C@@H](C)c1ccc2cc(OC(=O)CBr)ccc2c1. The standard InChI is InChI=1S/C16H15BrO4/c1-10(16(19)20-2)11-3-4-13-8-14(21-15(18)9-17)6-5-12(13)7-11/h3-8,10H,9H2,1-2H3/t10-/m0/s1. The number of methoxy groups -OCH3 is 1. The molecule has 0 saturated carbocycles. The minimum atomic E-state index is -0.342. The molecule has 5 heteroatoms. The van der Waals surface area contributed by atoms with E-state index in [1.807, 2.05) is 24.3 Å². The van der Waals surface area contributed by atoms with Crippen LogP contribution in [0.25, 0.3) is 10.8 Å². The molecule has 2 aromatic rings. The number of carbonyl (C=O) groups is 2. The number of ether oxygens (including phenoxy) is 2. The Morgan fingerprint density at radius 2 is 1.81 bits per heavy atom. The first kappa shape index (κ1) is 15.5. The van der Waals surface area contributed by atoms with Crippen LogP contribution in [0.5, 0.6) is 5.75 Å². The average Bonchev–Trinajstić information content (AvgIpc) is 2.52. The summed E-state index contributed by atoms with van der Waals surface area (Å²) in [7, 11) is 1.38. The second kappa shape index (κ2) is 6.72. The molecule has 0 aromatic heterocycles. The molecule has 0 unspecified atom stereocenters. The first-order valence-electron chi connectivity index (χ1n) is 6.43. The Kier molecular flexibility index (Phi) is 4.96. The van der Waals surface area contributed by atoms with Crippen LogP contribution in [0.3, 0.4) is 0 Å². The van der Waals surface area contributed by atoms with Crippen LogP contribution in [0.2, 0.25) is 0 Å². The smallest absolute Gasteiger partial charge is 0.321 e. The highest BCUT2D eigenvalue weighted by Gasteiger charge is 2.15. The summed E-state index contributed by atoms with van der Waals surface area (Å²) in [6, 6.07) is 11.1.